The van der Waals surface area contributed by atoms with Gasteiger partial charge >= 0.3 is 5.69 Å². The zero-order valence-corrected chi connectivity index (χ0v) is 8.93. The fraction of sp³-hybridized carbons (Fsp3) is 0.600. The van der Waals surface area contributed by atoms with Crippen molar-refractivity contribution in [3.05, 3.63) is 22.9 Å². The average Bonchev–Trinajstić information content (AvgIpc) is 3.04. The quantitative estimate of drug-likeness (QED) is 0.681. The molecule has 1 aliphatic rings. The van der Waals surface area contributed by atoms with Gasteiger partial charge < -0.3 is 10.4 Å². The van der Waals surface area contributed by atoms with Gasteiger partial charge in [0.05, 0.1) is 6.61 Å². The number of imidazole rings is 1. The number of nitrogens with zero attached hydrogens (tertiary/aromatic N) is 2. The van der Waals surface area contributed by atoms with E-state index in [0.717, 1.165) is 12.8 Å². The van der Waals surface area contributed by atoms with E-state index in [2.05, 4.69) is 5.32 Å². The summed E-state index contributed by atoms with van der Waals surface area (Å²) >= 11 is 0. The Kier molecular flexibility index (Phi) is 3.09. The zero-order valence-electron chi connectivity index (χ0n) is 8.93. The Balaban J connectivity index is 1.99. The van der Waals surface area contributed by atoms with Crippen LogP contribution in [0.2, 0.25) is 0 Å². The maximum absolute atomic E-state index is 11.8. The molecule has 2 N–H and O–H groups in total. The minimum atomic E-state index is -0.260. The fourth-order valence-electron chi connectivity index (χ4n) is 1.59. The first-order valence-electron chi connectivity index (χ1n) is 5.37. The van der Waals surface area contributed by atoms with E-state index in [-0.39, 0.29) is 31.3 Å². The van der Waals surface area contributed by atoms with E-state index in [0.29, 0.717) is 6.04 Å². The van der Waals surface area contributed by atoms with Gasteiger partial charge in [0.25, 0.3) is 0 Å². The Morgan fingerprint density at radius 1 is 1.50 bits per heavy atom. The van der Waals surface area contributed by atoms with Crippen LogP contribution in [-0.4, -0.2) is 33.3 Å². The van der Waals surface area contributed by atoms with Crippen molar-refractivity contribution in [3.8, 4) is 0 Å². The van der Waals surface area contributed by atoms with Crippen LogP contribution in [0.4, 0.5) is 0 Å². The Labute approximate surface area is 92.5 Å². The van der Waals surface area contributed by atoms with Crippen LogP contribution < -0.4 is 11.0 Å². The summed E-state index contributed by atoms with van der Waals surface area (Å²) in [5, 5.41) is 11.0. The first kappa shape index (κ1) is 10.9. The lowest BCUT2D eigenvalue weighted by Crippen LogP contribution is -2.34. The summed E-state index contributed by atoms with van der Waals surface area (Å²) < 4.78 is 3.05. The molecule has 0 atom stereocenters. The summed E-state index contributed by atoms with van der Waals surface area (Å²) in [6, 6.07) is 0.328. The van der Waals surface area contributed by atoms with E-state index in [4.69, 9.17) is 5.11 Å². The molecule has 6 nitrogen and oxygen atoms in total. The molecule has 1 fully saturated rings. The highest BCUT2D eigenvalue weighted by molar-refractivity contribution is 5.75. The summed E-state index contributed by atoms with van der Waals surface area (Å²) in [5.74, 6) is -0.260. The number of nitrogens with one attached hydrogen (secondary N) is 1. The van der Waals surface area contributed by atoms with Crippen LogP contribution in [0, 0.1) is 0 Å². The number of rotatable bonds is 5. The van der Waals surface area contributed by atoms with Crippen molar-refractivity contribution in [1.29, 1.82) is 0 Å². The predicted molar refractivity (Wildman–Crippen MR) is 57.1 cm³/mol. The van der Waals surface area contributed by atoms with Crippen LogP contribution in [0.3, 0.4) is 0 Å². The number of aromatic nitrogens is 2. The third-order valence-electron chi connectivity index (χ3n) is 2.56. The van der Waals surface area contributed by atoms with Crippen molar-refractivity contribution in [2.75, 3.05) is 13.2 Å². The molecule has 0 saturated heterocycles. The molecule has 0 bridgehead atoms. The molecule has 88 valence electrons. The molecule has 1 aromatic heterocycles. The number of carbonyl (C=O) groups excluding carboxylic acids is 1. The van der Waals surface area contributed by atoms with E-state index < -0.39 is 0 Å². The van der Waals surface area contributed by atoms with Gasteiger partial charge in [-0.05, 0) is 12.8 Å². The van der Waals surface area contributed by atoms with Crippen molar-refractivity contribution in [2.45, 2.75) is 25.4 Å². The Morgan fingerprint density at radius 2 is 2.25 bits per heavy atom. The predicted octanol–water partition coefficient (Wildman–Crippen LogP) is -0.907. The minimum Gasteiger partial charge on any atom is -0.395 e. The summed E-state index contributed by atoms with van der Waals surface area (Å²) in [6.45, 7) is 0.138. The molecule has 0 spiro atoms. The molecule has 0 aromatic carbocycles. The first-order valence-corrected chi connectivity index (χ1v) is 5.37. The van der Waals surface area contributed by atoms with Crippen LogP contribution in [0.5, 0.6) is 0 Å². The minimum absolute atomic E-state index is 0.0125. The lowest BCUT2D eigenvalue weighted by Gasteiger charge is -2.03. The summed E-state index contributed by atoms with van der Waals surface area (Å²) in [5.41, 5.74) is -0.137. The van der Waals surface area contributed by atoms with Gasteiger partial charge in [-0.15, -0.1) is 0 Å². The van der Waals surface area contributed by atoms with Gasteiger partial charge in [-0.1, -0.05) is 0 Å². The van der Waals surface area contributed by atoms with Crippen LogP contribution in [-0.2, 0) is 11.3 Å². The van der Waals surface area contributed by atoms with Crippen LogP contribution in [0.1, 0.15) is 18.9 Å². The van der Waals surface area contributed by atoms with Gasteiger partial charge in [-0.3, -0.25) is 13.9 Å². The van der Waals surface area contributed by atoms with E-state index in [1.807, 2.05) is 0 Å². The van der Waals surface area contributed by atoms with Crippen molar-refractivity contribution in [3.63, 3.8) is 0 Å². The third-order valence-corrected chi connectivity index (χ3v) is 2.56. The number of hydrogen-bond acceptors (Lipinski definition) is 3. The molecule has 16 heavy (non-hydrogen) atoms. The SMILES string of the molecule is O=C(Cn1ccn(C2CC2)c1=O)NCCO. The Bertz CT molecular complexity index is 431. The molecule has 1 aliphatic carbocycles. The molecule has 2 rings (SSSR count). The van der Waals surface area contributed by atoms with Crippen LogP contribution in [0.15, 0.2) is 17.2 Å². The molecule has 6 heteroatoms. The molecule has 0 unspecified atom stereocenters. The third kappa shape index (κ3) is 2.33. The maximum Gasteiger partial charge on any atom is 0.328 e. The van der Waals surface area contributed by atoms with Gasteiger partial charge in [0.2, 0.25) is 5.91 Å². The lowest BCUT2D eigenvalue weighted by molar-refractivity contribution is -0.121. The van der Waals surface area contributed by atoms with Crippen LogP contribution >= 0.6 is 0 Å². The number of carbonyl (C=O) groups is 1. The van der Waals surface area contributed by atoms with Gasteiger partial charge in [-0.2, -0.15) is 0 Å². The van der Waals surface area contributed by atoms with Gasteiger partial charge in [0.15, 0.2) is 0 Å². The summed E-state index contributed by atoms with van der Waals surface area (Å²) in [6.07, 6.45) is 5.43. The average molecular weight is 225 g/mol. The van der Waals surface area contributed by atoms with E-state index in [9.17, 15) is 9.59 Å². The number of aliphatic hydroxyl groups is 1. The van der Waals surface area contributed by atoms with Crippen LogP contribution in [0.25, 0.3) is 0 Å². The van der Waals surface area contributed by atoms with Crippen molar-refractivity contribution < 1.29 is 9.90 Å². The standard InChI is InChI=1S/C10H15N3O3/c14-6-3-11-9(15)7-12-4-5-13(10(12)16)8-1-2-8/h4-5,8,14H,1-3,6-7H2,(H,11,15). The topological polar surface area (TPSA) is 76.3 Å². The van der Waals surface area contributed by atoms with Crippen molar-refractivity contribution in [2.24, 2.45) is 0 Å². The van der Waals surface area contributed by atoms with Crippen molar-refractivity contribution >= 4 is 5.91 Å². The van der Waals surface area contributed by atoms with Gasteiger partial charge in [0, 0.05) is 25.0 Å². The fourth-order valence-corrected chi connectivity index (χ4v) is 1.59. The largest absolute Gasteiger partial charge is 0.395 e. The number of aliphatic hydroxyl groups excluding tert-OH is 1. The van der Waals surface area contributed by atoms with Gasteiger partial charge in [0.1, 0.15) is 6.54 Å². The lowest BCUT2D eigenvalue weighted by atomic mass is 10.5. The molecular formula is C10H15N3O3. The second-order valence-corrected chi connectivity index (χ2v) is 3.92. The number of amides is 1. The van der Waals surface area contributed by atoms with Crippen molar-refractivity contribution in [1.82, 2.24) is 14.5 Å². The summed E-state index contributed by atoms with van der Waals surface area (Å²) in [7, 11) is 0. The second kappa shape index (κ2) is 4.52. The second-order valence-electron chi connectivity index (χ2n) is 3.92. The first-order chi connectivity index (χ1) is 7.72. The maximum atomic E-state index is 11.8. The normalized spacial score (nSPS) is 15.1. The summed E-state index contributed by atoms with van der Waals surface area (Å²) in [4.78, 5) is 23.1. The van der Waals surface area contributed by atoms with E-state index >= 15 is 0 Å². The molecule has 1 heterocycles. The van der Waals surface area contributed by atoms with E-state index in [1.165, 1.54) is 4.57 Å². The molecule has 0 aliphatic heterocycles. The molecular weight excluding hydrogens is 210 g/mol. The number of hydrogen-bond donors (Lipinski definition) is 2. The van der Waals surface area contributed by atoms with E-state index in [1.54, 1.807) is 17.0 Å². The highest BCUT2D eigenvalue weighted by Crippen LogP contribution is 2.33. The molecule has 1 aromatic rings. The molecule has 0 radical (unpaired) electrons. The molecule has 1 amide bonds. The monoisotopic (exact) mass is 225 g/mol. The Hall–Kier alpha value is -1.56. The highest BCUT2D eigenvalue weighted by Gasteiger charge is 2.25. The molecule has 1 saturated carbocycles. The van der Waals surface area contributed by atoms with Gasteiger partial charge in [-0.25, -0.2) is 4.79 Å². The zero-order chi connectivity index (χ0) is 11.5. The Morgan fingerprint density at radius 3 is 2.88 bits per heavy atom. The highest BCUT2D eigenvalue weighted by atomic mass is 16.3. The smallest absolute Gasteiger partial charge is 0.328 e.